The largest absolute Gasteiger partial charge is 0.319 e. The minimum atomic E-state index is -3.99. The smallest absolute Gasteiger partial charge is 0.264 e. The van der Waals surface area contributed by atoms with Gasteiger partial charge in [0, 0.05) is 20.3 Å². The fraction of sp³-hybridized carbons (Fsp3) is 0.111. The van der Waals surface area contributed by atoms with Crippen LogP contribution in [0.25, 0.3) is 0 Å². The van der Waals surface area contributed by atoms with E-state index in [1.54, 1.807) is 13.2 Å². The summed E-state index contributed by atoms with van der Waals surface area (Å²) in [4.78, 5) is 12.4. The van der Waals surface area contributed by atoms with Crippen LogP contribution in [0.15, 0.2) is 59.8 Å². The molecule has 3 aromatic rings. The third-order valence-electron chi connectivity index (χ3n) is 3.99. The highest BCUT2D eigenvalue weighted by atomic mass is 35.5. The summed E-state index contributed by atoms with van der Waals surface area (Å²) >= 11 is 6.09. The molecule has 0 unspecified atom stereocenters. The van der Waals surface area contributed by atoms with Gasteiger partial charge in [-0.25, -0.2) is 12.8 Å². The number of carbonyl (C=O) groups excluding carboxylic acids is 1. The summed E-state index contributed by atoms with van der Waals surface area (Å²) in [5.41, 5.74) is 0.720. The van der Waals surface area contributed by atoms with Gasteiger partial charge in [0.25, 0.3) is 15.9 Å². The number of nitrogens with one attached hydrogen (secondary N) is 1. The van der Waals surface area contributed by atoms with E-state index in [-0.39, 0.29) is 21.2 Å². The van der Waals surface area contributed by atoms with Crippen molar-refractivity contribution in [3.05, 3.63) is 71.3 Å². The van der Waals surface area contributed by atoms with Crippen LogP contribution in [-0.2, 0) is 17.1 Å². The van der Waals surface area contributed by atoms with Gasteiger partial charge in [-0.05, 0) is 42.5 Å². The molecule has 0 aliphatic heterocycles. The number of nitrogens with zero attached hydrogens (tertiary/aromatic N) is 3. The molecular weight excluding hydrogens is 407 g/mol. The van der Waals surface area contributed by atoms with Gasteiger partial charge in [-0.3, -0.25) is 13.8 Å². The number of aromatic nitrogens is 2. The Balaban J connectivity index is 1.93. The van der Waals surface area contributed by atoms with Crippen LogP contribution in [-0.4, -0.2) is 31.2 Å². The molecule has 0 saturated heterocycles. The first-order valence-electron chi connectivity index (χ1n) is 8.02. The van der Waals surface area contributed by atoms with Crippen molar-refractivity contribution in [1.82, 2.24) is 9.78 Å². The lowest BCUT2D eigenvalue weighted by molar-refractivity contribution is 0.102. The number of halogens is 2. The summed E-state index contributed by atoms with van der Waals surface area (Å²) in [5, 5.41) is 6.66. The molecule has 1 heterocycles. The molecule has 0 aliphatic rings. The van der Waals surface area contributed by atoms with Gasteiger partial charge in [-0.1, -0.05) is 11.6 Å². The summed E-state index contributed by atoms with van der Waals surface area (Å²) < 4.78 is 41.4. The number of anilines is 2. The number of rotatable bonds is 5. The lowest BCUT2D eigenvalue weighted by atomic mass is 10.2. The number of sulfonamides is 1. The van der Waals surface area contributed by atoms with Crippen LogP contribution in [0, 0.1) is 5.82 Å². The molecule has 1 N–H and O–H groups in total. The van der Waals surface area contributed by atoms with Crippen LogP contribution in [0.2, 0.25) is 5.02 Å². The zero-order chi connectivity index (χ0) is 20.5. The molecular formula is C18H16ClFN4O3S. The fourth-order valence-electron chi connectivity index (χ4n) is 2.47. The van der Waals surface area contributed by atoms with Gasteiger partial charge in [0.05, 0.1) is 33.1 Å². The summed E-state index contributed by atoms with van der Waals surface area (Å²) in [6.45, 7) is 0. The van der Waals surface area contributed by atoms with E-state index < -0.39 is 21.7 Å². The van der Waals surface area contributed by atoms with Crippen LogP contribution in [0.4, 0.5) is 15.8 Å². The molecule has 146 valence electrons. The van der Waals surface area contributed by atoms with Crippen LogP contribution in [0.1, 0.15) is 10.4 Å². The van der Waals surface area contributed by atoms with Crippen molar-refractivity contribution >= 4 is 38.9 Å². The second-order valence-corrected chi connectivity index (χ2v) is 8.32. The molecule has 0 saturated carbocycles. The maximum absolute atomic E-state index is 13.1. The number of hydrogen-bond donors (Lipinski definition) is 1. The Kier molecular flexibility index (Phi) is 5.39. The second-order valence-electron chi connectivity index (χ2n) is 5.95. The van der Waals surface area contributed by atoms with Crippen molar-refractivity contribution in [3.63, 3.8) is 0 Å². The highest BCUT2D eigenvalue weighted by Gasteiger charge is 2.24. The van der Waals surface area contributed by atoms with Gasteiger partial charge in [-0.2, -0.15) is 5.10 Å². The lowest BCUT2D eigenvalue weighted by Crippen LogP contribution is -2.27. The molecule has 28 heavy (non-hydrogen) atoms. The first-order valence-corrected chi connectivity index (χ1v) is 9.84. The van der Waals surface area contributed by atoms with Crippen molar-refractivity contribution in [1.29, 1.82) is 0 Å². The zero-order valence-electron chi connectivity index (χ0n) is 14.9. The molecule has 2 aromatic carbocycles. The molecule has 10 heteroatoms. The molecule has 0 aliphatic carbocycles. The predicted octanol–water partition coefficient (Wildman–Crippen LogP) is 3.29. The summed E-state index contributed by atoms with van der Waals surface area (Å²) in [6, 6.07) is 8.86. The zero-order valence-corrected chi connectivity index (χ0v) is 16.5. The van der Waals surface area contributed by atoms with Crippen LogP contribution in [0.3, 0.4) is 0 Å². The van der Waals surface area contributed by atoms with Crippen molar-refractivity contribution in [2.45, 2.75) is 4.90 Å². The molecule has 0 spiro atoms. The molecule has 0 atom stereocenters. The first kappa shape index (κ1) is 19.8. The minimum Gasteiger partial charge on any atom is -0.319 e. The molecule has 7 nitrogen and oxygen atoms in total. The van der Waals surface area contributed by atoms with Gasteiger partial charge in [-0.15, -0.1) is 0 Å². The van der Waals surface area contributed by atoms with E-state index in [1.807, 2.05) is 0 Å². The second kappa shape index (κ2) is 7.61. The minimum absolute atomic E-state index is 0.000833. The highest BCUT2D eigenvalue weighted by Crippen LogP contribution is 2.26. The van der Waals surface area contributed by atoms with E-state index in [9.17, 15) is 17.6 Å². The average molecular weight is 423 g/mol. The molecule has 0 radical (unpaired) electrons. The molecule has 3 rings (SSSR count). The van der Waals surface area contributed by atoms with E-state index in [0.717, 1.165) is 16.4 Å². The number of amides is 1. The summed E-state index contributed by atoms with van der Waals surface area (Å²) in [7, 11) is -0.955. The monoisotopic (exact) mass is 422 g/mol. The SMILES string of the molecule is CN(c1ccc(F)cc1)S(=O)(=O)c1ccc(Cl)c(C(=O)Nc2cnn(C)c2)c1. The molecule has 0 bridgehead atoms. The normalized spacial score (nSPS) is 11.3. The lowest BCUT2D eigenvalue weighted by Gasteiger charge is -2.20. The van der Waals surface area contributed by atoms with E-state index in [4.69, 9.17) is 11.6 Å². The summed E-state index contributed by atoms with van der Waals surface area (Å²) in [5.74, 6) is -1.05. The Labute approximate surface area is 166 Å². The maximum atomic E-state index is 13.1. The van der Waals surface area contributed by atoms with E-state index >= 15 is 0 Å². The van der Waals surface area contributed by atoms with Crippen LogP contribution in [0.5, 0.6) is 0 Å². The number of benzene rings is 2. The number of aryl methyl sites for hydroxylation is 1. The van der Waals surface area contributed by atoms with Gasteiger partial charge >= 0.3 is 0 Å². The van der Waals surface area contributed by atoms with Crippen molar-refractivity contribution in [3.8, 4) is 0 Å². The van der Waals surface area contributed by atoms with Crippen molar-refractivity contribution < 1.29 is 17.6 Å². The Hall–Kier alpha value is -2.91. The summed E-state index contributed by atoms with van der Waals surface area (Å²) in [6.07, 6.45) is 3.05. The van der Waals surface area contributed by atoms with Crippen LogP contribution < -0.4 is 9.62 Å². The third-order valence-corrected chi connectivity index (χ3v) is 6.10. The quantitative estimate of drug-likeness (QED) is 0.683. The first-order chi connectivity index (χ1) is 13.2. The van der Waals surface area contributed by atoms with Crippen LogP contribution >= 0.6 is 11.6 Å². The Bertz CT molecular complexity index is 1130. The van der Waals surface area contributed by atoms with E-state index in [0.29, 0.717) is 5.69 Å². The molecule has 0 fully saturated rings. The van der Waals surface area contributed by atoms with E-state index in [1.165, 1.54) is 48.3 Å². The molecule has 1 amide bonds. The highest BCUT2D eigenvalue weighted by molar-refractivity contribution is 7.92. The number of carbonyl (C=O) groups is 1. The van der Waals surface area contributed by atoms with E-state index in [2.05, 4.69) is 10.4 Å². The Morgan fingerprint density at radius 1 is 1.21 bits per heavy atom. The third kappa shape index (κ3) is 4.00. The van der Waals surface area contributed by atoms with Crippen molar-refractivity contribution in [2.24, 2.45) is 7.05 Å². The topological polar surface area (TPSA) is 84.3 Å². The Morgan fingerprint density at radius 2 is 1.89 bits per heavy atom. The van der Waals surface area contributed by atoms with Gasteiger partial charge in [0.15, 0.2) is 0 Å². The number of hydrogen-bond acceptors (Lipinski definition) is 4. The molecule has 1 aromatic heterocycles. The predicted molar refractivity (Wildman–Crippen MR) is 105 cm³/mol. The average Bonchev–Trinajstić information content (AvgIpc) is 3.06. The standard InChI is InChI=1S/C18H16ClFN4O3S/c1-23-11-13(10-21-23)22-18(25)16-9-15(7-8-17(16)19)28(26,27)24(2)14-5-3-12(20)4-6-14/h3-11H,1-2H3,(H,22,25). The Morgan fingerprint density at radius 3 is 2.50 bits per heavy atom. The van der Waals surface area contributed by atoms with Gasteiger partial charge in [0.1, 0.15) is 5.82 Å². The fourth-order valence-corrected chi connectivity index (χ4v) is 3.90. The van der Waals surface area contributed by atoms with Crippen molar-refractivity contribution in [2.75, 3.05) is 16.7 Å². The van der Waals surface area contributed by atoms with Gasteiger partial charge < -0.3 is 5.32 Å². The maximum Gasteiger partial charge on any atom is 0.264 e. The van der Waals surface area contributed by atoms with Gasteiger partial charge in [0.2, 0.25) is 0 Å².